The van der Waals surface area contributed by atoms with Crippen LogP contribution in [0, 0.1) is 10.8 Å². The van der Waals surface area contributed by atoms with Crippen molar-refractivity contribution in [3.63, 3.8) is 0 Å². The summed E-state index contributed by atoms with van der Waals surface area (Å²) in [5.74, 6) is -0.777. The van der Waals surface area contributed by atoms with E-state index in [0.29, 0.717) is 30.3 Å². The normalized spacial score (nSPS) is 21.4. The van der Waals surface area contributed by atoms with E-state index in [-0.39, 0.29) is 5.97 Å². The Morgan fingerprint density at radius 2 is 1.26 bits per heavy atom. The maximum atomic E-state index is 11.8. The first kappa shape index (κ1) is 31.5. The quantitative estimate of drug-likeness (QED) is 0.426. The van der Waals surface area contributed by atoms with Crippen LogP contribution < -0.4 is 0 Å². The lowest BCUT2D eigenvalue weighted by molar-refractivity contribution is -0.146. The number of aliphatic hydroxyl groups is 1. The summed E-state index contributed by atoms with van der Waals surface area (Å²) >= 11 is 0. The van der Waals surface area contributed by atoms with Crippen LogP contribution >= 0.6 is 0 Å². The molecule has 2 N–H and O–H groups in total. The lowest BCUT2D eigenvalue weighted by Gasteiger charge is -2.47. The standard InChI is InChI=1S/C18H25NO3.C11H19NO3.CH4O/c20-17(22-13-16-5-2-1-3-6-16)7-4-10-19-11-8-18(9-12-19)14-21-15-18;13-10(14)2-1-5-12-6-3-11(4-7-12)8-15-9-11;1-2/h1-3,5-6H,4,7-15H2;1-9H2,(H,13,14);2H,1H3. The fourth-order valence-electron chi connectivity index (χ4n) is 5.57. The summed E-state index contributed by atoms with van der Waals surface area (Å²) in [5, 5.41) is 15.5. The Morgan fingerprint density at radius 1 is 0.795 bits per heavy atom. The Morgan fingerprint density at radius 3 is 1.67 bits per heavy atom. The first-order valence-corrected chi connectivity index (χ1v) is 14.4. The van der Waals surface area contributed by atoms with Gasteiger partial charge in [0.2, 0.25) is 0 Å². The first-order valence-electron chi connectivity index (χ1n) is 14.4. The number of carbonyl (C=O) groups excluding carboxylic acids is 1. The summed E-state index contributed by atoms with van der Waals surface area (Å²) in [6, 6.07) is 9.82. The van der Waals surface area contributed by atoms with Gasteiger partial charge in [-0.1, -0.05) is 30.3 Å². The molecule has 2 spiro atoms. The Hall–Kier alpha value is -2.04. The van der Waals surface area contributed by atoms with E-state index >= 15 is 0 Å². The second-order valence-electron chi connectivity index (χ2n) is 11.4. The Bertz CT molecular complexity index is 838. The van der Waals surface area contributed by atoms with E-state index in [9.17, 15) is 9.59 Å². The third kappa shape index (κ3) is 10.5. The van der Waals surface area contributed by atoms with Crippen molar-refractivity contribution in [2.75, 3.05) is 72.8 Å². The number of likely N-dealkylation sites (tertiary alicyclic amines) is 2. The number of benzene rings is 1. The number of rotatable bonds is 10. The third-order valence-corrected chi connectivity index (χ3v) is 8.43. The third-order valence-electron chi connectivity index (χ3n) is 8.43. The molecule has 9 nitrogen and oxygen atoms in total. The molecule has 9 heteroatoms. The number of carbonyl (C=O) groups is 2. The SMILES string of the molecule is CO.O=C(CCCN1CCC2(CC1)COC2)OCc1ccccc1.O=C(O)CCCN1CCC2(CC1)COC2. The predicted octanol–water partition coefficient (Wildman–Crippen LogP) is 3.19. The number of hydrogen-bond donors (Lipinski definition) is 2. The van der Waals surface area contributed by atoms with Crippen molar-refractivity contribution < 1.29 is 34.0 Å². The van der Waals surface area contributed by atoms with E-state index in [4.69, 9.17) is 24.4 Å². The molecule has 0 radical (unpaired) electrons. The molecular weight excluding hydrogens is 500 g/mol. The molecule has 4 saturated heterocycles. The van der Waals surface area contributed by atoms with Crippen LogP contribution in [0.5, 0.6) is 0 Å². The van der Waals surface area contributed by atoms with Crippen molar-refractivity contribution >= 4 is 11.9 Å². The molecule has 0 aliphatic carbocycles. The number of carboxylic acid groups (broad SMARTS) is 1. The molecule has 0 saturated carbocycles. The molecule has 4 heterocycles. The van der Waals surface area contributed by atoms with Crippen LogP contribution in [0.15, 0.2) is 30.3 Å². The van der Waals surface area contributed by atoms with Crippen LogP contribution in [0.1, 0.15) is 56.9 Å². The zero-order valence-corrected chi connectivity index (χ0v) is 23.7. The number of aliphatic hydroxyl groups excluding tert-OH is 1. The van der Waals surface area contributed by atoms with Gasteiger partial charge in [0.25, 0.3) is 0 Å². The van der Waals surface area contributed by atoms with E-state index in [1.807, 2.05) is 30.3 Å². The molecule has 4 aliphatic rings. The van der Waals surface area contributed by atoms with Crippen molar-refractivity contribution in [1.29, 1.82) is 0 Å². The van der Waals surface area contributed by atoms with E-state index in [1.54, 1.807) is 0 Å². The maximum Gasteiger partial charge on any atom is 0.306 e. The molecule has 0 unspecified atom stereocenters. The molecular formula is C30H48N2O7. The molecule has 1 aromatic carbocycles. The van der Waals surface area contributed by atoms with Gasteiger partial charge in [-0.05, 0) is 83.4 Å². The zero-order chi connectivity index (χ0) is 28.0. The first-order chi connectivity index (χ1) is 19.0. The van der Waals surface area contributed by atoms with Crippen molar-refractivity contribution in [3.05, 3.63) is 35.9 Å². The van der Waals surface area contributed by atoms with E-state index < -0.39 is 5.97 Å². The molecule has 0 bridgehead atoms. The molecule has 0 amide bonds. The largest absolute Gasteiger partial charge is 0.481 e. The molecule has 220 valence electrons. The summed E-state index contributed by atoms with van der Waals surface area (Å²) in [4.78, 5) is 27.0. The van der Waals surface area contributed by atoms with Gasteiger partial charge in [-0.3, -0.25) is 9.59 Å². The van der Waals surface area contributed by atoms with Crippen LogP contribution in [0.3, 0.4) is 0 Å². The molecule has 1 aromatic rings. The van der Waals surface area contributed by atoms with Crippen LogP contribution in [0.25, 0.3) is 0 Å². The van der Waals surface area contributed by atoms with Crippen molar-refractivity contribution in [1.82, 2.24) is 9.80 Å². The highest BCUT2D eigenvalue weighted by Crippen LogP contribution is 2.39. The Balaban J connectivity index is 0.000000216. The summed E-state index contributed by atoms with van der Waals surface area (Å²) in [7, 11) is 1.00. The maximum absolute atomic E-state index is 11.8. The number of carboxylic acids is 1. The van der Waals surface area contributed by atoms with Crippen molar-refractivity contribution in [2.24, 2.45) is 10.8 Å². The highest BCUT2D eigenvalue weighted by atomic mass is 16.5. The zero-order valence-electron chi connectivity index (χ0n) is 23.7. The minimum Gasteiger partial charge on any atom is -0.481 e. The summed E-state index contributed by atoms with van der Waals surface area (Å²) in [6.45, 7) is 10.6. The van der Waals surface area contributed by atoms with Gasteiger partial charge in [-0.15, -0.1) is 0 Å². The average molecular weight is 549 g/mol. The molecule has 4 fully saturated rings. The van der Waals surface area contributed by atoms with Gasteiger partial charge in [0, 0.05) is 30.8 Å². The second kappa shape index (κ2) is 16.3. The van der Waals surface area contributed by atoms with Gasteiger partial charge < -0.3 is 34.2 Å². The number of piperidine rings is 2. The molecule has 4 aliphatic heterocycles. The summed E-state index contributed by atoms with van der Waals surface area (Å²) in [6.07, 6.45) is 7.40. The van der Waals surface area contributed by atoms with Gasteiger partial charge in [-0.2, -0.15) is 0 Å². The number of hydrogen-bond acceptors (Lipinski definition) is 8. The number of ether oxygens (including phenoxy) is 3. The molecule has 39 heavy (non-hydrogen) atoms. The van der Waals surface area contributed by atoms with E-state index in [2.05, 4.69) is 9.80 Å². The second-order valence-corrected chi connectivity index (χ2v) is 11.4. The van der Waals surface area contributed by atoms with Crippen LogP contribution in [-0.4, -0.2) is 105 Å². The molecule has 0 aromatic heterocycles. The monoisotopic (exact) mass is 548 g/mol. The molecule has 5 rings (SSSR count). The Labute approximate surface area is 233 Å². The van der Waals surface area contributed by atoms with Gasteiger partial charge in [-0.25, -0.2) is 0 Å². The lowest BCUT2D eigenvalue weighted by Crippen LogP contribution is -2.50. The highest BCUT2D eigenvalue weighted by molar-refractivity contribution is 5.69. The highest BCUT2D eigenvalue weighted by Gasteiger charge is 2.41. The predicted molar refractivity (Wildman–Crippen MR) is 148 cm³/mol. The topological polar surface area (TPSA) is 109 Å². The van der Waals surface area contributed by atoms with Gasteiger partial charge in [0.1, 0.15) is 6.61 Å². The van der Waals surface area contributed by atoms with Crippen LogP contribution in [0.4, 0.5) is 0 Å². The lowest BCUT2D eigenvalue weighted by atomic mass is 9.77. The van der Waals surface area contributed by atoms with Crippen LogP contribution in [-0.2, 0) is 30.4 Å². The summed E-state index contributed by atoms with van der Waals surface area (Å²) in [5.41, 5.74) is 2.02. The number of aliphatic carboxylic acids is 1. The smallest absolute Gasteiger partial charge is 0.306 e. The number of esters is 1. The fourth-order valence-corrected chi connectivity index (χ4v) is 5.57. The molecule has 0 atom stereocenters. The average Bonchev–Trinajstić information content (AvgIpc) is 2.93. The van der Waals surface area contributed by atoms with Crippen LogP contribution in [0.2, 0.25) is 0 Å². The van der Waals surface area contributed by atoms with Gasteiger partial charge >= 0.3 is 11.9 Å². The van der Waals surface area contributed by atoms with Gasteiger partial charge in [0.05, 0.1) is 26.4 Å². The number of nitrogens with zero attached hydrogens (tertiary/aromatic N) is 2. The minimum atomic E-state index is -0.684. The minimum absolute atomic E-state index is 0.0928. The van der Waals surface area contributed by atoms with E-state index in [0.717, 1.165) is 91.2 Å². The fraction of sp³-hybridized carbons (Fsp3) is 0.733. The van der Waals surface area contributed by atoms with Gasteiger partial charge in [0.15, 0.2) is 0 Å². The van der Waals surface area contributed by atoms with Crippen molar-refractivity contribution in [3.8, 4) is 0 Å². The van der Waals surface area contributed by atoms with Crippen molar-refractivity contribution in [2.45, 2.75) is 58.0 Å². The Kier molecular flexibility index (Phi) is 13.1. The summed E-state index contributed by atoms with van der Waals surface area (Å²) < 4.78 is 15.9. The van der Waals surface area contributed by atoms with E-state index in [1.165, 1.54) is 25.7 Å².